The number of anilines is 2. The largest absolute Gasteiger partial charge is 0.486 e. The SMILES string of the molecule is CC(=O)c1ccc(OCc2nc(N)nc(N(C)C)n2)cc1F. The molecule has 2 N–H and O–H groups in total. The third-order valence-electron chi connectivity index (χ3n) is 2.77. The summed E-state index contributed by atoms with van der Waals surface area (Å²) in [5, 5.41) is 0. The number of carbonyl (C=O) groups excluding carboxylic acids is 1. The molecule has 0 aliphatic heterocycles. The molecule has 116 valence electrons. The van der Waals surface area contributed by atoms with E-state index in [-0.39, 0.29) is 29.7 Å². The van der Waals surface area contributed by atoms with Gasteiger partial charge in [-0.15, -0.1) is 0 Å². The summed E-state index contributed by atoms with van der Waals surface area (Å²) in [5.41, 5.74) is 5.62. The smallest absolute Gasteiger partial charge is 0.230 e. The Kier molecular flexibility index (Phi) is 4.50. The number of hydrogen-bond donors (Lipinski definition) is 1. The molecule has 0 saturated carbocycles. The van der Waals surface area contributed by atoms with Gasteiger partial charge in [0.15, 0.2) is 11.6 Å². The van der Waals surface area contributed by atoms with Crippen molar-refractivity contribution in [2.24, 2.45) is 0 Å². The summed E-state index contributed by atoms with van der Waals surface area (Å²) in [5.74, 6) is 0.110. The highest BCUT2D eigenvalue weighted by Gasteiger charge is 2.10. The zero-order valence-electron chi connectivity index (χ0n) is 12.5. The van der Waals surface area contributed by atoms with Gasteiger partial charge in [-0.1, -0.05) is 0 Å². The number of carbonyl (C=O) groups is 1. The maximum Gasteiger partial charge on any atom is 0.230 e. The van der Waals surface area contributed by atoms with Crippen molar-refractivity contribution < 1.29 is 13.9 Å². The summed E-state index contributed by atoms with van der Waals surface area (Å²) in [4.78, 5) is 24.9. The van der Waals surface area contributed by atoms with Gasteiger partial charge >= 0.3 is 0 Å². The Labute approximate surface area is 127 Å². The first-order chi connectivity index (χ1) is 10.4. The van der Waals surface area contributed by atoms with Crippen LogP contribution < -0.4 is 15.4 Å². The third-order valence-corrected chi connectivity index (χ3v) is 2.77. The number of halogens is 1. The van der Waals surface area contributed by atoms with Gasteiger partial charge in [0.2, 0.25) is 11.9 Å². The van der Waals surface area contributed by atoms with Crippen molar-refractivity contribution >= 4 is 17.7 Å². The lowest BCUT2D eigenvalue weighted by Gasteiger charge is -2.12. The minimum absolute atomic E-state index is 0.00637. The Morgan fingerprint density at radius 2 is 2.05 bits per heavy atom. The number of ketones is 1. The van der Waals surface area contributed by atoms with Crippen LogP contribution in [0.3, 0.4) is 0 Å². The van der Waals surface area contributed by atoms with Crippen molar-refractivity contribution in [3.8, 4) is 5.75 Å². The predicted octanol–water partition coefficient (Wildman–Crippen LogP) is 1.44. The molecule has 0 amide bonds. The maximum absolute atomic E-state index is 13.7. The molecule has 1 aromatic heterocycles. The van der Waals surface area contributed by atoms with Gasteiger partial charge in [-0.25, -0.2) is 4.39 Å². The highest BCUT2D eigenvalue weighted by molar-refractivity contribution is 5.94. The second-order valence-electron chi connectivity index (χ2n) is 4.79. The molecule has 0 unspecified atom stereocenters. The molecule has 0 aliphatic carbocycles. The van der Waals surface area contributed by atoms with Gasteiger partial charge < -0.3 is 15.4 Å². The van der Waals surface area contributed by atoms with Crippen molar-refractivity contribution in [2.75, 3.05) is 24.7 Å². The number of benzene rings is 1. The quantitative estimate of drug-likeness (QED) is 0.835. The van der Waals surface area contributed by atoms with E-state index in [1.54, 1.807) is 19.0 Å². The molecule has 2 aromatic rings. The monoisotopic (exact) mass is 305 g/mol. The molecular formula is C14H16FN5O2. The fraction of sp³-hybridized carbons (Fsp3) is 0.286. The highest BCUT2D eigenvalue weighted by atomic mass is 19.1. The molecule has 22 heavy (non-hydrogen) atoms. The van der Waals surface area contributed by atoms with Crippen molar-refractivity contribution in [1.82, 2.24) is 15.0 Å². The van der Waals surface area contributed by atoms with E-state index < -0.39 is 5.82 Å². The molecule has 8 heteroatoms. The van der Waals surface area contributed by atoms with Crippen molar-refractivity contribution in [3.05, 3.63) is 35.4 Å². The number of nitrogen functional groups attached to an aromatic ring is 1. The molecule has 1 heterocycles. The van der Waals surface area contributed by atoms with Crippen molar-refractivity contribution in [1.29, 1.82) is 0 Å². The molecule has 1 aromatic carbocycles. The zero-order valence-corrected chi connectivity index (χ0v) is 12.5. The van der Waals surface area contributed by atoms with Crippen LogP contribution in [0, 0.1) is 5.82 Å². The van der Waals surface area contributed by atoms with Gasteiger partial charge in [-0.05, 0) is 19.1 Å². The number of nitrogens with zero attached hydrogens (tertiary/aromatic N) is 4. The molecule has 7 nitrogen and oxygen atoms in total. The van der Waals surface area contributed by atoms with Crippen LogP contribution in [-0.4, -0.2) is 34.8 Å². The lowest BCUT2D eigenvalue weighted by molar-refractivity contribution is 0.101. The topological polar surface area (TPSA) is 94.2 Å². The van der Waals surface area contributed by atoms with E-state index in [2.05, 4.69) is 15.0 Å². The van der Waals surface area contributed by atoms with Gasteiger partial charge in [0.05, 0.1) is 5.56 Å². The maximum atomic E-state index is 13.7. The summed E-state index contributed by atoms with van der Waals surface area (Å²) >= 11 is 0. The first-order valence-corrected chi connectivity index (χ1v) is 6.48. The summed E-state index contributed by atoms with van der Waals surface area (Å²) in [6.45, 7) is 1.31. The molecule has 0 spiro atoms. The Hall–Kier alpha value is -2.77. The van der Waals surface area contributed by atoms with Crippen LogP contribution in [0.25, 0.3) is 0 Å². The highest BCUT2D eigenvalue weighted by Crippen LogP contribution is 2.18. The Balaban J connectivity index is 2.13. The van der Waals surface area contributed by atoms with Crippen LogP contribution >= 0.6 is 0 Å². The van der Waals surface area contributed by atoms with E-state index in [9.17, 15) is 9.18 Å². The summed E-state index contributed by atoms with van der Waals surface area (Å²) in [6.07, 6.45) is 0. The number of Topliss-reactive ketones (excluding diaryl/α,β-unsaturated/α-hetero) is 1. The van der Waals surface area contributed by atoms with E-state index in [0.29, 0.717) is 11.8 Å². The van der Waals surface area contributed by atoms with E-state index in [4.69, 9.17) is 10.5 Å². The van der Waals surface area contributed by atoms with Crippen LogP contribution in [0.1, 0.15) is 23.1 Å². The van der Waals surface area contributed by atoms with E-state index >= 15 is 0 Å². The standard InChI is InChI=1S/C14H16FN5O2/c1-8(21)10-5-4-9(6-11(10)15)22-7-12-17-13(16)19-14(18-12)20(2)3/h4-6H,7H2,1-3H3,(H2,16,17,18,19). The second kappa shape index (κ2) is 6.33. The molecule has 0 radical (unpaired) electrons. The van der Waals surface area contributed by atoms with Gasteiger partial charge in [0.1, 0.15) is 18.2 Å². The average Bonchev–Trinajstić information content (AvgIpc) is 2.44. The fourth-order valence-corrected chi connectivity index (χ4v) is 1.71. The van der Waals surface area contributed by atoms with Crippen molar-refractivity contribution in [3.63, 3.8) is 0 Å². The summed E-state index contributed by atoms with van der Waals surface area (Å²) in [6, 6.07) is 4.03. The molecule has 0 bridgehead atoms. The third kappa shape index (κ3) is 3.66. The number of aromatic nitrogens is 3. The lowest BCUT2D eigenvalue weighted by Crippen LogP contribution is -2.16. The summed E-state index contributed by atoms with van der Waals surface area (Å²) < 4.78 is 19.1. The van der Waals surface area contributed by atoms with Gasteiger partial charge in [0.25, 0.3) is 0 Å². The number of hydrogen-bond acceptors (Lipinski definition) is 7. The normalized spacial score (nSPS) is 10.4. The molecule has 2 rings (SSSR count). The second-order valence-corrected chi connectivity index (χ2v) is 4.79. The molecule has 0 atom stereocenters. The van der Waals surface area contributed by atoms with Crippen LogP contribution in [0.5, 0.6) is 5.75 Å². The first-order valence-electron chi connectivity index (χ1n) is 6.48. The van der Waals surface area contributed by atoms with Crippen LogP contribution in [0.2, 0.25) is 0 Å². The van der Waals surface area contributed by atoms with Crippen molar-refractivity contribution in [2.45, 2.75) is 13.5 Å². The summed E-state index contributed by atoms with van der Waals surface area (Å²) in [7, 11) is 3.55. The Bertz CT molecular complexity index is 706. The fourth-order valence-electron chi connectivity index (χ4n) is 1.71. The number of rotatable bonds is 5. The van der Waals surface area contributed by atoms with Gasteiger partial charge in [-0.2, -0.15) is 15.0 Å². The molecule has 0 fully saturated rings. The Morgan fingerprint density at radius 1 is 1.32 bits per heavy atom. The van der Waals surface area contributed by atoms with Gasteiger partial charge in [0, 0.05) is 20.2 Å². The predicted molar refractivity (Wildman–Crippen MR) is 79.3 cm³/mol. The van der Waals surface area contributed by atoms with E-state index in [0.717, 1.165) is 6.07 Å². The molecule has 0 saturated heterocycles. The van der Waals surface area contributed by atoms with Crippen LogP contribution in [-0.2, 0) is 6.61 Å². The molecule has 0 aliphatic rings. The van der Waals surface area contributed by atoms with Crippen LogP contribution in [0.15, 0.2) is 18.2 Å². The minimum Gasteiger partial charge on any atom is -0.486 e. The molecular weight excluding hydrogens is 289 g/mol. The number of ether oxygens (including phenoxy) is 1. The average molecular weight is 305 g/mol. The van der Waals surface area contributed by atoms with Gasteiger partial charge in [-0.3, -0.25) is 4.79 Å². The van der Waals surface area contributed by atoms with E-state index in [1.807, 2.05) is 0 Å². The minimum atomic E-state index is -0.630. The first kappa shape index (κ1) is 15.6. The van der Waals surface area contributed by atoms with Crippen LogP contribution in [0.4, 0.5) is 16.3 Å². The number of nitrogens with two attached hydrogens (primary N) is 1. The zero-order chi connectivity index (χ0) is 16.3. The van der Waals surface area contributed by atoms with E-state index in [1.165, 1.54) is 19.1 Å². The Morgan fingerprint density at radius 3 is 2.64 bits per heavy atom. The lowest BCUT2D eigenvalue weighted by atomic mass is 10.1.